The van der Waals surface area contributed by atoms with Crippen molar-refractivity contribution in [1.29, 1.82) is 0 Å². The second-order valence-electron chi connectivity index (χ2n) is 7.43. The number of carbonyl (C=O) groups excluding carboxylic acids is 1. The molecular formula is C25H26N2O4. The number of nitrogens with one attached hydrogen (secondary N) is 1. The van der Waals surface area contributed by atoms with E-state index in [1.54, 1.807) is 13.2 Å². The number of hydrogen-bond acceptors (Lipinski definition) is 5. The number of carbonyl (C=O) groups is 1. The van der Waals surface area contributed by atoms with Crippen molar-refractivity contribution in [2.45, 2.75) is 12.6 Å². The van der Waals surface area contributed by atoms with Crippen LogP contribution in [0.5, 0.6) is 17.2 Å². The Hall–Kier alpha value is -3.51. The Morgan fingerprint density at radius 2 is 1.77 bits per heavy atom. The highest BCUT2D eigenvalue weighted by Crippen LogP contribution is 2.32. The molecule has 6 heteroatoms. The van der Waals surface area contributed by atoms with Gasteiger partial charge in [0.1, 0.15) is 25.0 Å². The maximum atomic E-state index is 13.3. The first-order chi connectivity index (χ1) is 15.1. The summed E-state index contributed by atoms with van der Waals surface area (Å²) in [7, 11) is 3.55. The van der Waals surface area contributed by atoms with E-state index in [9.17, 15) is 4.79 Å². The van der Waals surface area contributed by atoms with Crippen LogP contribution in [0.3, 0.4) is 0 Å². The Bertz CT molecular complexity index is 1040. The molecule has 0 aromatic heterocycles. The van der Waals surface area contributed by atoms with E-state index in [1.165, 1.54) is 0 Å². The van der Waals surface area contributed by atoms with Gasteiger partial charge in [0, 0.05) is 18.3 Å². The lowest BCUT2D eigenvalue weighted by atomic mass is 10.0. The van der Waals surface area contributed by atoms with E-state index in [4.69, 9.17) is 14.2 Å². The summed E-state index contributed by atoms with van der Waals surface area (Å²) < 4.78 is 16.6. The van der Waals surface area contributed by atoms with Gasteiger partial charge in [-0.3, -0.25) is 9.69 Å². The number of rotatable bonds is 7. The Balaban J connectivity index is 1.56. The summed E-state index contributed by atoms with van der Waals surface area (Å²) in [4.78, 5) is 15.4. The molecule has 0 saturated carbocycles. The third kappa shape index (κ3) is 4.98. The molecule has 31 heavy (non-hydrogen) atoms. The van der Waals surface area contributed by atoms with Crippen LogP contribution in [0.4, 0.5) is 5.69 Å². The van der Waals surface area contributed by atoms with Crippen molar-refractivity contribution in [3.05, 3.63) is 83.9 Å². The first-order valence-electron chi connectivity index (χ1n) is 10.2. The number of fused-ring (bicyclic) bond motifs is 1. The number of anilines is 1. The number of methoxy groups -OCH3 is 1. The van der Waals surface area contributed by atoms with E-state index < -0.39 is 6.04 Å². The minimum atomic E-state index is -0.472. The second-order valence-corrected chi connectivity index (χ2v) is 7.43. The molecule has 0 unspecified atom stereocenters. The van der Waals surface area contributed by atoms with Crippen molar-refractivity contribution in [3.63, 3.8) is 0 Å². The zero-order chi connectivity index (χ0) is 21.6. The minimum Gasteiger partial charge on any atom is -0.497 e. The third-order valence-corrected chi connectivity index (χ3v) is 5.18. The molecular weight excluding hydrogens is 392 g/mol. The van der Waals surface area contributed by atoms with E-state index in [1.807, 2.05) is 78.7 Å². The molecule has 3 aromatic carbocycles. The molecule has 1 aliphatic heterocycles. The molecule has 3 aromatic rings. The maximum Gasteiger partial charge on any atom is 0.246 e. The van der Waals surface area contributed by atoms with Crippen LogP contribution >= 0.6 is 0 Å². The summed E-state index contributed by atoms with van der Waals surface area (Å²) in [6.45, 7) is 1.68. The number of hydrogen-bond donors (Lipinski definition) is 1. The normalized spacial score (nSPS) is 13.5. The quantitative estimate of drug-likeness (QED) is 0.621. The highest BCUT2D eigenvalue weighted by Gasteiger charge is 2.26. The van der Waals surface area contributed by atoms with Gasteiger partial charge in [-0.2, -0.15) is 0 Å². The number of amides is 1. The molecule has 4 rings (SSSR count). The predicted octanol–water partition coefficient (Wildman–Crippen LogP) is 4.28. The lowest BCUT2D eigenvalue weighted by molar-refractivity contribution is -0.121. The van der Waals surface area contributed by atoms with Gasteiger partial charge < -0.3 is 19.5 Å². The lowest BCUT2D eigenvalue weighted by Gasteiger charge is -2.28. The van der Waals surface area contributed by atoms with Gasteiger partial charge in [-0.25, -0.2) is 0 Å². The first-order valence-corrected chi connectivity index (χ1v) is 10.2. The minimum absolute atomic E-state index is 0.112. The van der Waals surface area contributed by atoms with Gasteiger partial charge >= 0.3 is 0 Å². The van der Waals surface area contributed by atoms with Crippen LogP contribution in [-0.4, -0.2) is 38.2 Å². The summed E-state index contributed by atoms with van der Waals surface area (Å²) in [6, 6.07) is 22.6. The molecule has 0 saturated heterocycles. The average molecular weight is 418 g/mol. The van der Waals surface area contributed by atoms with Gasteiger partial charge in [0.15, 0.2) is 11.5 Å². The van der Waals surface area contributed by atoms with Crippen molar-refractivity contribution in [2.24, 2.45) is 0 Å². The number of benzene rings is 3. The monoisotopic (exact) mass is 418 g/mol. The van der Waals surface area contributed by atoms with Gasteiger partial charge in [-0.05, 0) is 42.4 Å². The SMILES string of the molecule is COc1cccc(NC(=O)[C@@H](c2ccccc2)N(C)Cc2ccc3c(c2)OCCO3)c1. The Morgan fingerprint density at radius 3 is 2.55 bits per heavy atom. The summed E-state index contributed by atoms with van der Waals surface area (Å²) in [5.74, 6) is 2.08. The highest BCUT2D eigenvalue weighted by atomic mass is 16.6. The molecule has 1 heterocycles. The molecule has 1 atom stereocenters. The standard InChI is InChI=1S/C25H26N2O4/c1-27(17-18-11-12-22-23(15-18)31-14-13-30-22)24(19-7-4-3-5-8-19)25(28)26-20-9-6-10-21(16-20)29-2/h3-12,15-16,24H,13-14,17H2,1-2H3,(H,26,28)/t24-/m1/s1. The van der Waals surface area contributed by atoms with Crippen molar-refractivity contribution < 1.29 is 19.0 Å². The van der Waals surface area contributed by atoms with Crippen LogP contribution in [0.25, 0.3) is 0 Å². The van der Waals surface area contributed by atoms with E-state index >= 15 is 0 Å². The molecule has 1 aliphatic rings. The van der Waals surface area contributed by atoms with Gasteiger partial charge in [-0.1, -0.05) is 42.5 Å². The lowest BCUT2D eigenvalue weighted by Crippen LogP contribution is -2.34. The number of likely N-dealkylation sites (N-methyl/N-ethyl adjacent to an activating group) is 1. The number of ether oxygens (including phenoxy) is 3. The molecule has 0 aliphatic carbocycles. The van der Waals surface area contributed by atoms with Crippen molar-refractivity contribution in [1.82, 2.24) is 4.90 Å². The van der Waals surface area contributed by atoms with Crippen molar-refractivity contribution in [2.75, 3.05) is 32.7 Å². The largest absolute Gasteiger partial charge is 0.497 e. The summed E-state index contributed by atoms with van der Waals surface area (Å²) >= 11 is 0. The highest BCUT2D eigenvalue weighted by molar-refractivity contribution is 5.95. The van der Waals surface area contributed by atoms with Crippen LogP contribution < -0.4 is 19.5 Å². The molecule has 0 fully saturated rings. The van der Waals surface area contributed by atoms with E-state index in [0.29, 0.717) is 31.2 Å². The topological polar surface area (TPSA) is 60.0 Å². The van der Waals surface area contributed by atoms with Crippen LogP contribution in [0, 0.1) is 0 Å². The van der Waals surface area contributed by atoms with Crippen molar-refractivity contribution >= 4 is 11.6 Å². The summed E-state index contributed by atoms with van der Waals surface area (Å²) in [5.41, 5.74) is 2.66. The molecule has 0 bridgehead atoms. The Labute approximate surface area is 182 Å². The van der Waals surface area contributed by atoms with Crippen LogP contribution in [0.2, 0.25) is 0 Å². The summed E-state index contributed by atoms with van der Waals surface area (Å²) in [6.07, 6.45) is 0. The van der Waals surface area contributed by atoms with E-state index in [2.05, 4.69) is 5.32 Å². The molecule has 1 amide bonds. The first kappa shape index (κ1) is 20.8. The van der Waals surface area contributed by atoms with Crippen LogP contribution in [-0.2, 0) is 11.3 Å². The van der Waals surface area contributed by atoms with Gasteiger partial charge in [-0.15, -0.1) is 0 Å². The van der Waals surface area contributed by atoms with Gasteiger partial charge in [0.2, 0.25) is 5.91 Å². The second kappa shape index (κ2) is 9.53. The van der Waals surface area contributed by atoms with Crippen molar-refractivity contribution in [3.8, 4) is 17.2 Å². The average Bonchev–Trinajstić information content (AvgIpc) is 2.80. The number of nitrogens with zero attached hydrogens (tertiary/aromatic N) is 1. The molecule has 6 nitrogen and oxygen atoms in total. The molecule has 0 radical (unpaired) electrons. The molecule has 160 valence electrons. The van der Waals surface area contributed by atoms with E-state index in [-0.39, 0.29) is 5.91 Å². The predicted molar refractivity (Wildman–Crippen MR) is 120 cm³/mol. The van der Waals surface area contributed by atoms with Crippen LogP contribution in [0.1, 0.15) is 17.2 Å². The van der Waals surface area contributed by atoms with Crippen LogP contribution in [0.15, 0.2) is 72.8 Å². The Kier molecular flexibility index (Phi) is 6.38. The fourth-order valence-electron chi connectivity index (χ4n) is 3.72. The zero-order valence-electron chi connectivity index (χ0n) is 17.7. The molecule has 1 N–H and O–H groups in total. The Morgan fingerprint density at radius 1 is 1.00 bits per heavy atom. The van der Waals surface area contributed by atoms with Gasteiger partial charge in [0.25, 0.3) is 0 Å². The van der Waals surface area contributed by atoms with Gasteiger partial charge in [0.05, 0.1) is 7.11 Å². The maximum absolute atomic E-state index is 13.3. The third-order valence-electron chi connectivity index (χ3n) is 5.18. The molecule has 0 spiro atoms. The summed E-state index contributed by atoms with van der Waals surface area (Å²) in [5, 5.41) is 3.03. The zero-order valence-corrected chi connectivity index (χ0v) is 17.7. The smallest absolute Gasteiger partial charge is 0.246 e. The fourth-order valence-corrected chi connectivity index (χ4v) is 3.72. The van der Waals surface area contributed by atoms with E-state index in [0.717, 1.165) is 22.6 Å². The fraction of sp³-hybridized carbons (Fsp3) is 0.240.